The average molecular weight is 196 g/mol. The summed E-state index contributed by atoms with van der Waals surface area (Å²) in [6.07, 6.45) is 0. The molecule has 1 rings (SSSR count). The molecule has 0 aliphatic carbocycles. The van der Waals surface area contributed by atoms with Crippen LogP contribution in [0.15, 0.2) is 12.1 Å². The number of hydrogen-bond acceptors (Lipinski definition) is 2. The van der Waals surface area contributed by atoms with Crippen molar-refractivity contribution in [2.24, 2.45) is 5.73 Å². The molecule has 1 unspecified atom stereocenters. The minimum Gasteiger partial charge on any atom is -0.310 e. The zero-order chi connectivity index (χ0) is 10.9. The smallest absolute Gasteiger partial charge is 0.129 e. The van der Waals surface area contributed by atoms with Crippen molar-refractivity contribution in [3.8, 4) is 6.07 Å². The van der Waals surface area contributed by atoms with Gasteiger partial charge in [0.1, 0.15) is 17.2 Å². The summed E-state index contributed by atoms with van der Waals surface area (Å²) in [5.74, 6) is -1.22. The topological polar surface area (TPSA) is 49.8 Å². The zero-order valence-electron chi connectivity index (χ0n) is 7.94. The second kappa shape index (κ2) is 3.35. The summed E-state index contributed by atoms with van der Waals surface area (Å²) in [6.45, 7) is 2.78. The number of benzene rings is 1. The van der Waals surface area contributed by atoms with Crippen molar-refractivity contribution < 1.29 is 8.78 Å². The normalized spacial score (nSPS) is 14.6. The first-order chi connectivity index (χ1) is 6.38. The Labute approximate surface area is 81.0 Å². The van der Waals surface area contributed by atoms with Gasteiger partial charge in [-0.05, 0) is 31.5 Å². The van der Waals surface area contributed by atoms with Crippen LogP contribution in [0.2, 0.25) is 0 Å². The maximum Gasteiger partial charge on any atom is 0.129 e. The van der Waals surface area contributed by atoms with Gasteiger partial charge in [-0.25, -0.2) is 8.78 Å². The number of nitrogens with two attached hydrogens (primary N) is 1. The summed E-state index contributed by atoms with van der Waals surface area (Å²) >= 11 is 0. The van der Waals surface area contributed by atoms with E-state index >= 15 is 0 Å². The zero-order valence-corrected chi connectivity index (χ0v) is 7.94. The molecule has 2 nitrogen and oxygen atoms in total. The second-order valence-electron chi connectivity index (χ2n) is 3.40. The Kier molecular flexibility index (Phi) is 2.54. The molecule has 1 atom stereocenters. The van der Waals surface area contributed by atoms with Crippen molar-refractivity contribution in [2.45, 2.75) is 19.4 Å². The van der Waals surface area contributed by atoms with Crippen LogP contribution in [0.1, 0.15) is 18.1 Å². The van der Waals surface area contributed by atoms with Crippen LogP contribution in [0.25, 0.3) is 0 Å². The van der Waals surface area contributed by atoms with Crippen molar-refractivity contribution in [2.75, 3.05) is 0 Å². The Hall–Kier alpha value is -1.47. The Morgan fingerprint density at radius 2 is 1.93 bits per heavy atom. The average Bonchev–Trinajstić information content (AvgIpc) is 2.11. The number of aryl methyl sites for hydroxylation is 1. The lowest BCUT2D eigenvalue weighted by Gasteiger charge is -2.17. The predicted molar refractivity (Wildman–Crippen MR) is 48.2 cm³/mol. The Morgan fingerprint density at radius 3 is 2.43 bits per heavy atom. The Balaban J connectivity index is 3.38. The first-order valence-electron chi connectivity index (χ1n) is 4.04. The van der Waals surface area contributed by atoms with Crippen molar-refractivity contribution in [1.29, 1.82) is 5.26 Å². The molecule has 14 heavy (non-hydrogen) atoms. The Morgan fingerprint density at radius 1 is 1.36 bits per heavy atom. The van der Waals surface area contributed by atoms with Gasteiger partial charge in [0.05, 0.1) is 6.07 Å². The van der Waals surface area contributed by atoms with Gasteiger partial charge in [-0.3, -0.25) is 0 Å². The highest BCUT2D eigenvalue weighted by atomic mass is 19.1. The van der Waals surface area contributed by atoms with Gasteiger partial charge in [-0.1, -0.05) is 0 Å². The molecular weight excluding hydrogens is 186 g/mol. The van der Waals surface area contributed by atoms with E-state index in [2.05, 4.69) is 0 Å². The molecular formula is C10H10F2N2. The first-order valence-corrected chi connectivity index (χ1v) is 4.04. The van der Waals surface area contributed by atoms with Gasteiger partial charge in [0.2, 0.25) is 0 Å². The lowest BCUT2D eigenvalue weighted by atomic mass is 9.93. The lowest BCUT2D eigenvalue weighted by Crippen LogP contribution is -2.32. The van der Waals surface area contributed by atoms with Crippen molar-refractivity contribution >= 4 is 0 Å². The van der Waals surface area contributed by atoms with E-state index in [1.54, 1.807) is 6.07 Å². The van der Waals surface area contributed by atoms with Crippen LogP contribution in [-0.2, 0) is 5.54 Å². The van der Waals surface area contributed by atoms with Gasteiger partial charge in [0.15, 0.2) is 0 Å². The van der Waals surface area contributed by atoms with E-state index in [9.17, 15) is 8.78 Å². The summed E-state index contributed by atoms with van der Waals surface area (Å²) in [6, 6.07) is 3.72. The van der Waals surface area contributed by atoms with Gasteiger partial charge in [-0.15, -0.1) is 0 Å². The fourth-order valence-electron chi connectivity index (χ4n) is 1.10. The van der Waals surface area contributed by atoms with E-state index < -0.39 is 17.2 Å². The van der Waals surface area contributed by atoms with E-state index in [4.69, 9.17) is 11.0 Å². The second-order valence-corrected chi connectivity index (χ2v) is 3.40. The van der Waals surface area contributed by atoms with E-state index in [-0.39, 0.29) is 11.1 Å². The fourth-order valence-corrected chi connectivity index (χ4v) is 1.10. The number of halogens is 2. The molecule has 0 radical (unpaired) electrons. The quantitative estimate of drug-likeness (QED) is 0.746. The van der Waals surface area contributed by atoms with E-state index in [1.807, 2.05) is 0 Å². The molecule has 0 fully saturated rings. The van der Waals surface area contributed by atoms with E-state index in [0.717, 1.165) is 12.1 Å². The summed E-state index contributed by atoms with van der Waals surface area (Å²) < 4.78 is 26.4. The van der Waals surface area contributed by atoms with Crippen molar-refractivity contribution in [3.05, 3.63) is 34.9 Å². The molecule has 0 spiro atoms. The van der Waals surface area contributed by atoms with Crippen molar-refractivity contribution in [1.82, 2.24) is 0 Å². The standard InChI is InChI=1S/C10H10F2N2/c1-6-3-9(12)7(4-8(6)11)10(2,14)5-13/h3-4H,14H2,1-2H3. The molecule has 0 saturated heterocycles. The monoisotopic (exact) mass is 196 g/mol. The fraction of sp³-hybridized carbons (Fsp3) is 0.300. The molecule has 0 bridgehead atoms. The largest absolute Gasteiger partial charge is 0.310 e. The molecule has 0 heterocycles. The third-order valence-electron chi connectivity index (χ3n) is 2.04. The van der Waals surface area contributed by atoms with Gasteiger partial charge in [0.25, 0.3) is 0 Å². The molecule has 0 aliphatic heterocycles. The molecule has 74 valence electrons. The lowest BCUT2D eigenvalue weighted by molar-refractivity contribution is 0.532. The molecule has 2 N–H and O–H groups in total. The van der Waals surface area contributed by atoms with Crippen LogP contribution in [-0.4, -0.2) is 0 Å². The van der Waals surface area contributed by atoms with Crippen LogP contribution in [0.4, 0.5) is 8.78 Å². The molecule has 0 amide bonds. The Bertz CT molecular complexity index is 405. The third-order valence-corrected chi connectivity index (χ3v) is 2.04. The number of rotatable bonds is 1. The highest BCUT2D eigenvalue weighted by Gasteiger charge is 2.25. The number of hydrogen-bond donors (Lipinski definition) is 1. The highest BCUT2D eigenvalue weighted by Crippen LogP contribution is 2.23. The first kappa shape index (κ1) is 10.6. The highest BCUT2D eigenvalue weighted by molar-refractivity contribution is 5.34. The van der Waals surface area contributed by atoms with Crippen LogP contribution < -0.4 is 5.73 Å². The molecule has 4 heteroatoms. The number of nitrogens with zero attached hydrogens (tertiary/aromatic N) is 1. The van der Waals surface area contributed by atoms with Gasteiger partial charge >= 0.3 is 0 Å². The van der Waals surface area contributed by atoms with Gasteiger partial charge < -0.3 is 5.73 Å². The molecule has 0 saturated carbocycles. The summed E-state index contributed by atoms with van der Waals surface area (Å²) in [4.78, 5) is 0. The minimum atomic E-state index is -1.50. The molecule has 0 aliphatic rings. The third kappa shape index (κ3) is 1.73. The van der Waals surface area contributed by atoms with Gasteiger partial charge in [0, 0.05) is 5.56 Å². The maximum atomic E-state index is 13.3. The summed E-state index contributed by atoms with van der Waals surface area (Å²) in [7, 11) is 0. The van der Waals surface area contributed by atoms with Crippen molar-refractivity contribution in [3.63, 3.8) is 0 Å². The predicted octanol–water partition coefficient (Wildman–Crippen LogP) is 1.97. The molecule has 0 aromatic heterocycles. The maximum absolute atomic E-state index is 13.3. The van der Waals surface area contributed by atoms with Crippen LogP contribution in [0.5, 0.6) is 0 Å². The summed E-state index contributed by atoms with van der Waals surface area (Å²) in [5, 5.41) is 8.67. The van der Waals surface area contributed by atoms with E-state index in [1.165, 1.54) is 13.8 Å². The summed E-state index contributed by atoms with van der Waals surface area (Å²) in [5.41, 5.74) is 4.06. The minimum absolute atomic E-state index is 0.122. The van der Waals surface area contributed by atoms with Crippen LogP contribution in [0.3, 0.4) is 0 Å². The molecule has 1 aromatic rings. The van der Waals surface area contributed by atoms with E-state index in [0.29, 0.717) is 0 Å². The van der Waals surface area contributed by atoms with Crippen LogP contribution in [0, 0.1) is 29.9 Å². The molecule has 1 aromatic carbocycles. The van der Waals surface area contributed by atoms with Crippen LogP contribution >= 0.6 is 0 Å². The number of nitriles is 1. The van der Waals surface area contributed by atoms with Gasteiger partial charge in [-0.2, -0.15) is 5.26 Å². The SMILES string of the molecule is Cc1cc(F)c(C(C)(N)C#N)cc1F.